The molecule has 14 rings (SSSR count). The van der Waals surface area contributed by atoms with E-state index in [2.05, 4.69) is 58.0 Å². The predicted octanol–water partition coefficient (Wildman–Crippen LogP) is 13.7. The van der Waals surface area contributed by atoms with E-state index in [1.165, 1.54) is 4.90 Å². The number of rotatable bonds is 14. The summed E-state index contributed by atoms with van der Waals surface area (Å²) in [5, 5.41) is 12.2. The number of carbonyl (C=O) groups is 2. The van der Waals surface area contributed by atoms with Crippen molar-refractivity contribution in [1.29, 1.82) is 0 Å². The summed E-state index contributed by atoms with van der Waals surface area (Å²) >= 11 is 11.8. The molecule has 9 aliphatic rings. The Labute approximate surface area is 670 Å². The van der Waals surface area contributed by atoms with E-state index < -0.39 is 70.5 Å². The standard InChI is InChI=1S/C27H36F2N6O2.C20H28BF3N2O3.C13H17ClF2N4O.C9H12ClN3O3S.C5H9F2N.ClH/c1-3-19-7-9-35(17-19)26(36)31-20-5-4-18(2)22(14-20)23-15-24(34-10-12-37-13-11-34)33-25(32-23)30-21-6-8-27(28,29)16-21;1-13-6-7-15(10-16(13)21-28-18(2,3)19(4,5)29-21)25-17(27)26-9-8-14(12-26)11-20(22,23)24;14-10-7-11(20-3-5-21-6-4-20)19-12(18-10)17-9-1-2-13(15,16)8-9;1-17(14,15)9-11-7(10)6-8(12-9)13-2-4-16-5-3-13;6-5(7)2-1-4(8)3-5;/h4-5,14-15,19,21H,3,6-13,16-17H2,1-2H3,(H,31,36)(H,30,32,33);6-7,10,14H,8-9,11-12H2,1-5H3,(H,25,27);7,9H,1-6,8H2,(H,17,18,19);6H,2-5H2,1H3;4H,1-3,8H2;1H/t19-,21?;14-;;;;/m10..../s1. The Morgan fingerprint density at radius 2 is 1.01 bits per heavy atom. The molecule has 3 aliphatic carbocycles. The van der Waals surface area contributed by atoms with Crippen LogP contribution in [0.5, 0.6) is 0 Å². The van der Waals surface area contributed by atoms with E-state index in [1.807, 2.05) is 86.6 Å². The molecule has 6 N–H and O–H groups in total. The molecule has 39 heteroatoms. The van der Waals surface area contributed by atoms with Crippen LogP contribution in [0.3, 0.4) is 0 Å². The minimum atomic E-state index is -4.20. The van der Waals surface area contributed by atoms with Crippen molar-refractivity contribution < 1.29 is 81.0 Å². The molecule has 6 saturated heterocycles. The van der Waals surface area contributed by atoms with Gasteiger partial charge in [0, 0.05) is 170 Å². The van der Waals surface area contributed by atoms with Gasteiger partial charge < -0.3 is 75.0 Å². The molecule has 3 saturated carbocycles. The van der Waals surface area contributed by atoms with Crippen LogP contribution in [0.15, 0.2) is 59.8 Å². The number of amides is 4. The van der Waals surface area contributed by atoms with Crippen LogP contribution < -0.4 is 47.2 Å². The number of hydrogen-bond donors (Lipinski definition) is 5. The minimum Gasteiger partial charge on any atom is -0.399 e. The molecular weight excluding hydrogens is 1580 g/mol. The number of likely N-dealkylation sites (tertiary alicyclic amines) is 2. The first-order valence-electron chi connectivity index (χ1n) is 38.0. The number of morpholine rings is 3. The first-order chi connectivity index (χ1) is 52.6. The smallest absolute Gasteiger partial charge is 0.399 e. The van der Waals surface area contributed by atoms with Crippen molar-refractivity contribution in [2.45, 2.75) is 190 Å². The maximum absolute atomic E-state index is 13.8. The van der Waals surface area contributed by atoms with E-state index >= 15 is 0 Å². The predicted molar refractivity (Wildman–Crippen MR) is 420 cm³/mol. The summed E-state index contributed by atoms with van der Waals surface area (Å²) in [4.78, 5) is 60.4. The van der Waals surface area contributed by atoms with Crippen LogP contribution in [0, 0.1) is 25.7 Å². The number of halogens is 12. The molecular formula is C74H103BCl3F9N16O9S. The highest BCUT2D eigenvalue weighted by molar-refractivity contribution is 7.90. The third-order valence-electron chi connectivity index (χ3n) is 21.4. The fourth-order valence-corrected chi connectivity index (χ4v) is 15.1. The van der Waals surface area contributed by atoms with Gasteiger partial charge in [-0.1, -0.05) is 54.2 Å². The number of sulfone groups is 1. The van der Waals surface area contributed by atoms with Crippen molar-refractivity contribution >= 4 is 111 Å². The van der Waals surface area contributed by atoms with Gasteiger partial charge in [-0.3, -0.25) is 0 Å². The number of aromatic nitrogens is 6. The number of aryl methyl sites for hydroxylation is 2. The monoisotopic (exact) mass is 1680 g/mol. The number of benzene rings is 2. The third kappa shape index (κ3) is 26.4. The van der Waals surface area contributed by atoms with Crippen LogP contribution in [-0.2, 0) is 33.4 Å². The van der Waals surface area contributed by atoms with Gasteiger partial charge in [-0.05, 0) is 121 Å². The summed E-state index contributed by atoms with van der Waals surface area (Å²) in [6.45, 7) is 23.8. The number of nitrogens with two attached hydrogens (primary N) is 1. The van der Waals surface area contributed by atoms with Crippen molar-refractivity contribution in [2.24, 2.45) is 17.6 Å². The zero-order valence-electron chi connectivity index (χ0n) is 64.8. The lowest BCUT2D eigenvalue weighted by atomic mass is 9.76. The first kappa shape index (κ1) is 90.2. The maximum atomic E-state index is 13.8. The Kier molecular flexibility index (Phi) is 30.8. The summed E-state index contributed by atoms with van der Waals surface area (Å²) < 4.78 is 167. The Hall–Kier alpha value is -6.77. The third-order valence-corrected chi connectivity index (χ3v) is 22.6. The van der Waals surface area contributed by atoms with Crippen molar-refractivity contribution in [3.8, 4) is 11.3 Å². The van der Waals surface area contributed by atoms with Crippen LogP contribution >= 0.6 is 35.6 Å². The fraction of sp³-hybridized carbons (Fsp3) is 0.649. The molecule has 9 fully saturated rings. The van der Waals surface area contributed by atoms with Crippen LogP contribution in [0.2, 0.25) is 10.3 Å². The molecule has 3 aromatic heterocycles. The SMILES string of the molecule is CC[C@@H]1CCN(C(=O)Nc2ccc(C)c(-c3cc(N4CCOCC4)nc(NC4CCC(F)(F)C4)n3)c2)C1.CS(=O)(=O)c1nc(Cl)cc(N2CCOCC2)n1.Cc1ccc(NC(=O)N2CC[C@@H](CC(F)(F)F)C2)cc1B1OC(C)(C)C(C)(C)O1.Cl.FC1(F)CCC(Nc2nc(Cl)cc(N3CCOCC3)n2)C1.NC1CCC(F)(F)C1. The summed E-state index contributed by atoms with van der Waals surface area (Å²) in [5.74, 6) is -5.08. The molecule has 3 unspecified atom stereocenters. The molecule has 25 nitrogen and oxygen atoms in total. The molecule has 0 bridgehead atoms. The summed E-state index contributed by atoms with van der Waals surface area (Å²) in [6, 6.07) is 15.0. The van der Waals surface area contributed by atoms with Crippen LogP contribution in [-0.4, -0.2) is 232 Å². The highest BCUT2D eigenvalue weighted by Gasteiger charge is 2.52. The molecule has 2 aromatic carbocycles. The molecule has 626 valence electrons. The number of hydrogen-bond acceptors (Lipinski definition) is 21. The van der Waals surface area contributed by atoms with Gasteiger partial charge in [0.15, 0.2) is 0 Å². The van der Waals surface area contributed by atoms with Crippen LogP contribution in [0.4, 0.5) is 89.8 Å². The normalized spacial score (nSPS) is 23.5. The van der Waals surface area contributed by atoms with Gasteiger partial charge in [0.05, 0.1) is 56.5 Å². The number of ether oxygens (including phenoxy) is 3. The molecule has 0 radical (unpaired) electrons. The number of alkyl halides is 9. The number of urea groups is 2. The number of carbonyl (C=O) groups excluding carboxylic acids is 2. The van der Waals surface area contributed by atoms with E-state index in [4.69, 9.17) is 57.4 Å². The number of nitrogens with one attached hydrogen (secondary N) is 4. The average Bonchev–Trinajstić information content (AvgIpc) is 1.64. The zero-order chi connectivity index (χ0) is 81.1. The van der Waals surface area contributed by atoms with Gasteiger partial charge in [-0.15, -0.1) is 12.4 Å². The molecule has 0 spiro atoms. The minimum absolute atomic E-state index is 0. The second kappa shape index (κ2) is 38.5. The topological polar surface area (TPSA) is 282 Å². The molecule has 5 atom stereocenters. The lowest BCUT2D eigenvalue weighted by Crippen LogP contribution is -2.41. The second-order valence-corrected chi connectivity index (χ2v) is 33.6. The zero-order valence-corrected chi connectivity index (χ0v) is 68.0. The first-order valence-corrected chi connectivity index (χ1v) is 40.6. The Bertz CT molecular complexity index is 4130. The molecule has 113 heavy (non-hydrogen) atoms. The molecule has 4 amide bonds. The fourth-order valence-electron chi connectivity index (χ4n) is 14.2. The summed E-state index contributed by atoms with van der Waals surface area (Å²) in [6.07, 6.45) is -1.02. The van der Waals surface area contributed by atoms with E-state index in [0.29, 0.717) is 150 Å². The highest BCUT2D eigenvalue weighted by Crippen LogP contribution is 2.41. The Balaban J connectivity index is 0.000000172. The quantitative estimate of drug-likeness (QED) is 0.0299. The van der Waals surface area contributed by atoms with Gasteiger partial charge in [0.25, 0.3) is 0 Å². The van der Waals surface area contributed by atoms with Crippen LogP contribution in [0.1, 0.15) is 129 Å². The number of anilines is 7. The average molecular weight is 1680 g/mol. The molecule has 9 heterocycles. The largest absolute Gasteiger partial charge is 0.495 e. The maximum Gasteiger partial charge on any atom is 0.495 e. The number of nitrogens with zero attached hydrogens (tertiary/aromatic N) is 11. The molecule has 6 aliphatic heterocycles. The van der Waals surface area contributed by atoms with Gasteiger partial charge >= 0.3 is 25.4 Å². The van der Waals surface area contributed by atoms with Gasteiger partial charge in [0.2, 0.25) is 44.7 Å². The van der Waals surface area contributed by atoms with E-state index in [9.17, 15) is 57.5 Å². The van der Waals surface area contributed by atoms with Gasteiger partial charge in [-0.25, -0.2) is 64.3 Å². The second-order valence-electron chi connectivity index (χ2n) is 30.9. The van der Waals surface area contributed by atoms with Gasteiger partial charge in [0.1, 0.15) is 27.8 Å². The van der Waals surface area contributed by atoms with Crippen molar-refractivity contribution in [2.75, 3.05) is 147 Å². The lowest BCUT2D eigenvalue weighted by Gasteiger charge is -2.32. The van der Waals surface area contributed by atoms with Crippen molar-refractivity contribution in [1.82, 2.24) is 39.7 Å². The van der Waals surface area contributed by atoms with Crippen LogP contribution in [0.25, 0.3) is 11.3 Å². The Morgan fingerprint density at radius 3 is 1.44 bits per heavy atom. The van der Waals surface area contributed by atoms with Crippen molar-refractivity contribution in [3.05, 3.63) is 76.0 Å². The van der Waals surface area contributed by atoms with E-state index in [0.717, 1.165) is 73.2 Å². The van der Waals surface area contributed by atoms with Crippen molar-refractivity contribution in [3.63, 3.8) is 0 Å². The molecule has 5 aromatic rings. The van der Waals surface area contributed by atoms with E-state index in [1.54, 1.807) is 24.3 Å². The lowest BCUT2D eigenvalue weighted by molar-refractivity contribution is -0.143. The highest BCUT2D eigenvalue weighted by atomic mass is 35.5. The Morgan fingerprint density at radius 1 is 0.575 bits per heavy atom. The summed E-state index contributed by atoms with van der Waals surface area (Å²) in [5.41, 5.74) is 9.85. The summed E-state index contributed by atoms with van der Waals surface area (Å²) in [7, 11) is -4.01. The van der Waals surface area contributed by atoms with E-state index in [-0.39, 0.29) is 91.9 Å². The van der Waals surface area contributed by atoms with Gasteiger partial charge in [-0.2, -0.15) is 23.1 Å².